The molecule has 1 aliphatic rings. The lowest BCUT2D eigenvalue weighted by atomic mass is 9.76. The molecule has 0 N–H and O–H groups in total. The summed E-state index contributed by atoms with van der Waals surface area (Å²) in [4.78, 5) is 16.9. The van der Waals surface area contributed by atoms with Crippen LogP contribution in [0.3, 0.4) is 0 Å². The van der Waals surface area contributed by atoms with E-state index in [1.165, 1.54) is 0 Å². The second-order valence-corrected chi connectivity index (χ2v) is 5.61. The highest BCUT2D eigenvalue weighted by Gasteiger charge is 2.41. The molecule has 1 aromatic rings. The Morgan fingerprint density at radius 2 is 2.21 bits per heavy atom. The summed E-state index contributed by atoms with van der Waals surface area (Å²) >= 11 is 0. The van der Waals surface area contributed by atoms with Crippen LogP contribution >= 0.6 is 0 Å². The molecule has 0 spiro atoms. The van der Waals surface area contributed by atoms with Crippen molar-refractivity contribution in [3.8, 4) is 0 Å². The Bertz CT molecular complexity index is 431. The molecular weight excluding hydrogens is 240 g/mol. The van der Waals surface area contributed by atoms with Crippen molar-refractivity contribution in [3.05, 3.63) is 18.2 Å². The van der Waals surface area contributed by atoms with Crippen molar-refractivity contribution in [2.24, 2.45) is 5.92 Å². The number of aromatic nitrogens is 2. The van der Waals surface area contributed by atoms with E-state index in [4.69, 9.17) is 4.74 Å². The minimum absolute atomic E-state index is 0.183. The second-order valence-electron chi connectivity index (χ2n) is 5.61. The maximum atomic E-state index is 12.6. The van der Waals surface area contributed by atoms with Gasteiger partial charge in [0.2, 0.25) is 0 Å². The zero-order chi connectivity index (χ0) is 13.9. The van der Waals surface area contributed by atoms with Crippen LogP contribution in [-0.2, 0) is 22.5 Å². The van der Waals surface area contributed by atoms with Crippen LogP contribution in [0.5, 0.6) is 0 Å². The number of Topliss-reactive ketones (excluding diaryl/α,β-unsaturated/α-hetero) is 1. The van der Waals surface area contributed by atoms with Crippen LogP contribution in [0.25, 0.3) is 0 Å². The van der Waals surface area contributed by atoms with Crippen molar-refractivity contribution >= 4 is 5.78 Å². The third-order valence-electron chi connectivity index (χ3n) is 4.44. The van der Waals surface area contributed by atoms with Gasteiger partial charge in [0.25, 0.3) is 0 Å². The highest BCUT2D eigenvalue weighted by Crippen LogP contribution is 2.35. The first kappa shape index (κ1) is 14.3. The minimum Gasteiger partial charge on any atom is -0.370 e. The highest BCUT2D eigenvalue weighted by atomic mass is 16.5. The molecule has 0 aliphatic heterocycles. The van der Waals surface area contributed by atoms with Crippen molar-refractivity contribution in [2.45, 2.75) is 58.1 Å². The molecule has 4 nitrogen and oxygen atoms in total. The molecule has 0 bridgehead atoms. The van der Waals surface area contributed by atoms with Crippen molar-refractivity contribution in [2.75, 3.05) is 7.11 Å². The van der Waals surface area contributed by atoms with Gasteiger partial charge in [-0.25, -0.2) is 4.98 Å². The van der Waals surface area contributed by atoms with Crippen LogP contribution in [0.4, 0.5) is 0 Å². The van der Waals surface area contributed by atoms with Gasteiger partial charge in [-0.15, -0.1) is 0 Å². The molecular formula is C15H24N2O2. The summed E-state index contributed by atoms with van der Waals surface area (Å²) < 4.78 is 7.65. The van der Waals surface area contributed by atoms with Crippen molar-refractivity contribution < 1.29 is 9.53 Å². The number of hydrogen-bond donors (Lipinski definition) is 0. The third-order valence-corrected chi connectivity index (χ3v) is 4.44. The molecule has 1 fully saturated rings. The number of ether oxygens (including phenoxy) is 1. The van der Waals surface area contributed by atoms with Crippen LogP contribution in [0.15, 0.2) is 12.4 Å². The number of aryl methyl sites for hydroxylation is 1. The molecule has 1 saturated carbocycles. The molecule has 0 unspecified atom stereocenters. The van der Waals surface area contributed by atoms with Gasteiger partial charge in [0, 0.05) is 26.0 Å². The van der Waals surface area contributed by atoms with Crippen LogP contribution in [-0.4, -0.2) is 28.0 Å². The maximum absolute atomic E-state index is 12.6. The van der Waals surface area contributed by atoms with E-state index in [0.717, 1.165) is 38.1 Å². The Labute approximate surface area is 115 Å². The smallest absolute Gasteiger partial charge is 0.172 e. The Morgan fingerprint density at radius 1 is 1.53 bits per heavy atom. The van der Waals surface area contributed by atoms with E-state index in [1.807, 2.05) is 10.8 Å². The number of hydrogen-bond acceptors (Lipinski definition) is 3. The molecule has 0 saturated heterocycles. The van der Waals surface area contributed by atoms with Gasteiger partial charge in [-0.3, -0.25) is 4.79 Å². The lowest BCUT2D eigenvalue weighted by Crippen LogP contribution is -2.45. The van der Waals surface area contributed by atoms with Gasteiger partial charge in [-0.1, -0.05) is 6.92 Å². The van der Waals surface area contributed by atoms with Gasteiger partial charge in [0.05, 0.1) is 6.42 Å². The summed E-state index contributed by atoms with van der Waals surface area (Å²) in [6.45, 7) is 5.15. The fraction of sp³-hybridized carbons (Fsp3) is 0.733. The number of rotatable bonds is 5. The quantitative estimate of drug-likeness (QED) is 0.821. The standard InChI is InChI=1S/C15H24N2O2/c1-4-17-10-9-16-14(17)11-13(18)15(19-3)7-5-12(2)6-8-15/h9-10,12H,4-8,11H2,1-3H3. The second kappa shape index (κ2) is 5.87. The van der Waals surface area contributed by atoms with Gasteiger partial charge >= 0.3 is 0 Å². The van der Waals surface area contributed by atoms with E-state index in [-0.39, 0.29) is 5.78 Å². The van der Waals surface area contributed by atoms with Crippen LogP contribution < -0.4 is 0 Å². The molecule has 4 heteroatoms. The summed E-state index contributed by atoms with van der Waals surface area (Å²) in [6, 6.07) is 0. The number of nitrogens with zero attached hydrogens (tertiary/aromatic N) is 2. The predicted molar refractivity (Wildman–Crippen MR) is 74.0 cm³/mol. The van der Waals surface area contributed by atoms with E-state index >= 15 is 0 Å². The molecule has 0 aromatic carbocycles. The maximum Gasteiger partial charge on any atom is 0.172 e. The summed E-state index contributed by atoms with van der Waals surface area (Å²) in [5.41, 5.74) is -0.572. The first-order valence-electron chi connectivity index (χ1n) is 7.19. The lowest BCUT2D eigenvalue weighted by Gasteiger charge is -2.36. The van der Waals surface area contributed by atoms with Crippen molar-refractivity contribution in [3.63, 3.8) is 0 Å². The Balaban J connectivity index is 2.09. The highest BCUT2D eigenvalue weighted by molar-refractivity contribution is 5.88. The van der Waals surface area contributed by atoms with E-state index in [2.05, 4.69) is 18.8 Å². The Hall–Kier alpha value is -1.16. The third kappa shape index (κ3) is 2.89. The van der Waals surface area contributed by atoms with E-state index in [1.54, 1.807) is 13.3 Å². The fourth-order valence-corrected chi connectivity index (χ4v) is 2.93. The van der Waals surface area contributed by atoms with Crippen LogP contribution in [0.2, 0.25) is 0 Å². The molecule has 1 aliphatic carbocycles. The molecule has 0 atom stereocenters. The number of imidazole rings is 1. The van der Waals surface area contributed by atoms with Crippen LogP contribution in [0.1, 0.15) is 45.4 Å². The first-order chi connectivity index (χ1) is 9.11. The number of methoxy groups -OCH3 is 1. The summed E-state index contributed by atoms with van der Waals surface area (Å²) in [5.74, 6) is 1.74. The lowest BCUT2D eigenvalue weighted by molar-refractivity contribution is -0.145. The zero-order valence-corrected chi connectivity index (χ0v) is 12.2. The van der Waals surface area contributed by atoms with Gasteiger partial charge in [0.1, 0.15) is 11.4 Å². The first-order valence-corrected chi connectivity index (χ1v) is 7.19. The van der Waals surface area contributed by atoms with E-state index < -0.39 is 5.60 Å². The fourth-order valence-electron chi connectivity index (χ4n) is 2.93. The van der Waals surface area contributed by atoms with Crippen LogP contribution in [0, 0.1) is 5.92 Å². The van der Waals surface area contributed by atoms with Gasteiger partial charge in [-0.2, -0.15) is 0 Å². The Morgan fingerprint density at radius 3 is 2.79 bits per heavy atom. The molecule has 1 heterocycles. The molecule has 106 valence electrons. The monoisotopic (exact) mass is 264 g/mol. The molecule has 19 heavy (non-hydrogen) atoms. The summed E-state index contributed by atoms with van der Waals surface area (Å²) in [5, 5.41) is 0. The SMILES string of the molecule is CCn1ccnc1CC(=O)C1(OC)CCC(C)CC1. The normalized spacial score (nSPS) is 27.4. The molecule has 2 rings (SSSR count). The minimum atomic E-state index is -0.572. The average molecular weight is 264 g/mol. The summed E-state index contributed by atoms with van der Waals surface area (Å²) in [6.07, 6.45) is 7.89. The van der Waals surface area contributed by atoms with Crippen molar-refractivity contribution in [1.82, 2.24) is 9.55 Å². The largest absolute Gasteiger partial charge is 0.370 e. The number of carbonyl (C=O) groups excluding carboxylic acids is 1. The molecule has 0 radical (unpaired) electrons. The van der Waals surface area contributed by atoms with Crippen molar-refractivity contribution in [1.29, 1.82) is 0 Å². The predicted octanol–water partition coefficient (Wildman–Crippen LogP) is 2.61. The topological polar surface area (TPSA) is 44.1 Å². The van der Waals surface area contributed by atoms with Gasteiger partial charge < -0.3 is 9.30 Å². The Kier molecular flexibility index (Phi) is 4.40. The summed E-state index contributed by atoms with van der Waals surface area (Å²) in [7, 11) is 1.67. The number of carbonyl (C=O) groups is 1. The average Bonchev–Trinajstić information content (AvgIpc) is 2.87. The zero-order valence-electron chi connectivity index (χ0n) is 12.2. The molecule has 0 amide bonds. The van der Waals surface area contributed by atoms with Gasteiger partial charge in [0.15, 0.2) is 5.78 Å². The van der Waals surface area contributed by atoms with E-state index in [0.29, 0.717) is 12.3 Å². The molecule has 1 aromatic heterocycles. The van der Waals surface area contributed by atoms with E-state index in [9.17, 15) is 4.79 Å². The number of ketones is 1. The van der Waals surface area contributed by atoms with Gasteiger partial charge in [-0.05, 0) is 38.5 Å².